The van der Waals surface area contributed by atoms with E-state index in [0.29, 0.717) is 10.8 Å². The van der Waals surface area contributed by atoms with Gasteiger partial charge in [-0.15, -0.1) is 10.2 Å². The van der Waals surface area contributed by atoms with Gasteiger partial charge in [0.05, 0.1) is 11.8 Å². The van der Waals surface area contributed by atoms with Gasteiger partial charge in [0.15, 0.2) is 11.6 Å². The molecule has 0 unspecified atom stereocenters. The van der Waals surface area contributed by atoms with Crippen LogP contribution in [0.1, 0.15) is 15.9 Å². The van der Waals surface area contributed by atoms with Crippen LogP contribution in [0.3, 0.4) is 0 Å². The Balaban J connectivity index is 1.91. The first-order chi connectivity index (χ1) is 14.1. The number of nitriles is 1. The second kappa shape index (κ2) is 7.16. The van der Waals surface area contributed by atoms with E-state index in [2.05, 4.69) is 25.3 Å². The van der Waals surface area contributed by atoms with E-state index in [-0.39, 0.29) is 28.6 Å². The second-order valence-corrected chi connectivity index (χ2v) is 5.83. The van der Waals surface area contributed by atoms with Crippen molar-refractivity contribution in [1.82, 2.24) is 25.5 Å². The van der Waals surface area contributed by atoms with Crippen LogP contribution in [0.2, 0.25) is 0 Å². The molecule has 4 aromatic rings. The highest BCUT2D eigenvalue weighted by Crippen LogP contribution is 2.39. The molecule has 0 atom stereocenters. The minimum absolute atomic E-state index is 0.00400. The van der Waals surface area contributed by atoms with Gasteiger partial charge in [0.1, 0.15) is 17.3 Å². The van der Waals surface area contributed by atoms with Crippen molar-refractivity contribution < 1.29 is 9.90 Å². The topological polar surface area (TPSA) is 153 Å². The lowest BCUT2D eigenvalue weighted by Crippen LogP contribution is -2.01. The molecule has 0 aliphatic heterocycles. The number of phenolic OH excluding ortho intramolecular Hbond substituents is 1. The molecular weight excluding hydrogens is 372 g/mol. The van der Waals surface area contributed by atoms with Gasteiger partial charge in [-0.2, -0.15) is 15.0 Å². The van der Waals surface area contributed by atoms with Crippen LogP contribution in [-0.4, -0.2) is 30.8 Å². The lowest BCUT2D eigenvalue weighted by Gasteiger charge is -2.08. The summed E-state index contributed by atoms with van der Waals surface area (Å²) in [4.78, 5) is 19.7. The number of aromatic nitrogens is 4. The number of hydrogen-bond acceptors (Lipinski definition) is 8. The smallest absolute Gasteiger partial charge is 0.273 e. The highest BCUT2D eigenvalue weighted by atomic mass is 16.3. The third-order valence-electron chi connectivity index (χ3n) is 4.09. The lowest BCUT2D eigenvalue weighted by molar-refractivity contribution is 0.0989. The second-order valence-electron chi connectivity index (χ2n) is 5.83. The lowest BCUT2D eigenvalue weighted by atomic mass is 10.0. The number of amides is 1. The van der Waals surface area contributed by atoms with Gasteiger partial charge in [-0.25, -0.2) is 9.97 Å². The molecule has 10 nitrogen and oxygen atoms in total. The van der Waals surface area contributed by atoms with Gasteiger partial charge in [-0.1, -0.05) is 24.3 Å². The van der Waals surface area contributed by atoms with Crippen LogP contribution in [-0.2, 0) is 0 Å². The third-order valence-corrected chi connectivity index (χ3v) is 4.09. The summed E-state index contributed by atoms with van der Waals surface area (Å²) in [6, 6.07) is 11.9. The fourth-order valence-corrected chi connectivity index (χ4v) is 2.75. The van der Waals surface area contributed by atoms with Crippen molar-refractivity contribution in [1.29, 1.82) is 5.26 Å². The van der Waals surface area contributed by atoms with Crippen molar-refractivity contribution >= 4 is 28.2 Å². The van der Waals surface area contributed by atoms with Gasteiger partial charge in [0, 0.05) is 17.8 Å². The first-order valence-electron chi connectivity index (χ1n) is 8.28. The van der Waals surface area contributed by atoms with Gasteiger partial charge < -0.3 is 5.11 Å². The zero-order valence-corrected chi connectivity index (χ0v) is 14.7. The molecule has 0 fully saturated rings. The van der Waals surface area contributed by atoms with E-state index in [4.69, 9.17) is 5.73 Å². The Morgan fingerprint density at radius 3 is 2.66 bits per heavy atom. The summed E-state index contributed by atoms with van der Waals surface area (Å²) in [5, 5.41) is 33.2. The number of phenols is 1. The normalized spacial score (nSPS) is 11.0. The minimum atomic E-state index is -1.05. The van der Waals surface area contributed by atoms with E-state index >= 15 is 0 Å². The maximum atomic E-state index is 11.6. The van der Waals surface area contributed by atoms with E-state index < -0.39 is 11.7 Å². The Morgan fingerprint density at radius 2 is 1.93 bits per heavy atom. The first kappa shape index (κ1) is 17.7. The van der Waals surface area contributed by atoms with E-state index in [1.165, 1.54) is 29.3 Å². The van der Waals surface area contributed by atoms with Crippen molar-refractivity contribution in [2.45, 2.75) is 0 Å². The van der Waals surface area contributed by atoms with Crippen LogP contribution in [0.15, 0.2) is 65.2 Å². The zero-order valence-electron chi connectivity index (χ0n) is 14.7. The average Bonchev–Trinajstić information content (AvgIpc) is 3.16. The average molecular weight is 383 g/mol. The maximum absolute atomic E-state index is 11.6. The number of benzene rings is 2. The van der Waals surface area contributed by atoms with E-state index in [1.54, 1.807) is 30.3 Å². The predicted octanol–water partition coefficient (Wildman–Crippen LogP) is 3.23. The largest absolute Gasteiger partial charge is 0.505 e. The Bertz CT molecular complexity index is 1310. The highest BCUT2D eigenvalue weighted by molar-refractivity contribution is 6.05. The van der Waals surface area contributed by atoms with Crippen molar-refractivity contribution in [2.24, 2.45) is 10.2 Å². The molecule has 1 radical (unpaired) electrons. The van der Waals surface area contributed by atoms with Crippen molar-refractivity contribution in [3.63, 3.8) is 0 Å². The fourth-order valence-electron chi connectivity index (χ4n) is 2.75. The maximum Gasteiger partial charge on any atom is 0.273 e. The number of aromatic hydroxyl groups is 1. The number of hydrogen-bond donors (Lipinski definition) is 1. The van der Waals surface area contributed by atoms with Gasteiger partial charge >= 0.3 is 0 Å². The van der Waals surface area contributed by atoms with Crippen LogP contribution in [0.5, 0.6) is 5.75 Å². The molecule has 0 bridgehead atoms. The van der Waals surface area contributed by atoms with Gasteiger partial charge in [0.2, 0.25) is 0 Å². The van der Waals surface area contributed by atoms with E-state index in [0.717, 1.165) is 0 Å². The first-order valence-corrected chi connectivity index (χ1v) is 8.28. The van der Waals surface area contributed by atoms with Crippen molar-refractivity contribution in [3.8, 4) is 17.8 Å². The molecule has 0 spiro atoms. The standard InChI is InChI=1S/C19H11N8O2/c20-9-12-10-24-27(19-22-6-3-7-23-19)18(12)26-25-15-13-5-2-1-4-11(13)8-14(16(15)28)17(21)29/h1-8,10,21,28H. The molecule has 0 saturated heterocycles. The summed E-state index contributed by atoms with van der Waals surface area (Å²) in [5.41, 5.74) is 7.30. The van der Waals surface area contributed by atoms with E-state index in [9.17, 15) is 15.2 Å². The SMILES string of the molecule is N#Cc1cnn(-c2ncccn2)c1N=Nc1c(O)c(C([NH])=O)cc2ccccc12. The molecule has 1 amide bonds. The molecular formula is C19H11N8O2. The summed E-state index contributed by atoms with van der Waals surface area (Å²) >= 11 is 0. The Kier molecular flexibility index (Phi) is 4.38. The number of azo groups is 1. The summed E-state index contributed by atoms with van der Waals surface area (Å²) < 4.78 is 1.24. The number of carbonyl (C=O) groups excluding carboxylic acids is 1. The minimum Gasteiger partial charge on any atom is -0.505 e. The number of carbonyl (C=O) groups is 1. The molecule has 10 heteroatoms. The molecule has 2 N–H and O–H groups in total. The Hall–Kier alpha value is -4.65. The van der Waals surface area contributed by atoms with Gasteiger partial charge in [-0.05, 0) is 17.5 Å². The summed E-state index contributed by atoms with van der Waals surface area (Å²) in [6.45, 7) is 0. The monoisotopic (exact) mass is 383 g/mol. The predicted molar refractivity (Wildman–Crippen MR) is 101 cm³/mol. The third kappa shape index (κ3) is 3.13. The zero-order chi connectivity index (χ0) is 20.4. The number of nitrogens with one attached hydrogen (secondary N) is 1. The van der Waals surface area contributed by atoms with Crippen LogP contribution < -0.4 is 5.73 Å². The highest BCUT2D eigenvalue weighted by Gasteiger charge is 2.18. The van der Waals surface area contributed by atoms with Crippen LogP contribution in [0.25, 0.3) is 16.7 Å². The fraction of sp³-hybridized carbons (Fsp3) is 0. The quantitative estimate of drug-likeness (QED) is 0.534. The molecule has 29 heavy (non-hydrogen) atoms. The molecule has 0 saturated carbocycles. The van der Waals surface area contributed by atoms with Crippen LogP contribution >= 0.6 is 0 Å². The molecule has 2 heterocycles. The number of rotatable bonds is 4. The Labute approximate surface area is 163 Å². The molecule has 4 rings (SSSR count). The number of nitrogens with zero attached hydrogens (tertiary/aromatic N) is 7. The summed E-state index contributed by atoms with van der Waals surface area (Å²) in [6.07, 6.45) is 4.33. The molecule has 2 aromatic carbocycles. The van der Waals surface area contributed by atoms with Gasteiger partial charge in [0.25, 0.3) is 11.9 Å². The summed E-state index contributed by atoms with van der Waals surface area (Å²) in [5.74, 6) is -1.27. The van der Waals surface area contributed by atoms with Crippen LogP contribution in [0.4, 0.5) is 11.5 Å². The van der Waals surface area contributed by atoms with Crippen LogP contribution in [0, 0.1) is 11.3 Å². The molecule has 2 aromatic heterocycles. The molecule has 0 aliphatic rings. The number of fused-ring (bicyclic) bond motifs is 1. The molecule has 0 aliphatic carbocycles. The van der Waals surface area contributed by atoms with Crippen molar-refractivity contribution in [2.75, 3.05) is 0 Å². The molecule has 139 valence electrons. The van der Waals surface area contributed by atoms with Crippen molar-refractivity contribution in [3.05, 3.63) is 66.1 Å². The Morgan fingerprint density at radius 1 is 1.17 bits per heavy atom. The van der Waals surface area contributed by atoms with E-state index in [1.807, 2.05) is 6.07 Å². The van der Waals surface area contributed by atoms with Gasteiger partial charge in [-0.3, -0.25) is 10.5 Å². The summed E-state index contributed by atoms with van der Waals surface area (Å²) in [7, 11) is 0.